The number of ether oxygens (including phenoxy) is 2. The molecule has 0 bridgehead atoms. The third-order valence-electron chi connectivity index (χ3n) is 3.35. The second-order valence-electron chi connectivity index (χ2n) is 4.91. The highest BCUT2D eigenvalue weighted by Gasteiger charge is 2.21. The van der Waals surface area contributed by atoms with Gasteiger partial charge in [0.2, 0.25) is 16.8 Å². The fourth-order valence-corrected chi connectivity index (χ4v) is 2.70. The second kappa shape index (κ2) is 5.90. The van der Waals surface area contributed by atoms with Crippen molar-refractivity contribution in [2.75, 3.05) is 6.79 Å². The lowest BCUT2D eigenvalue weighted by Gasteiger charge is -2.08. The van der Waals surface area contributed by atoms with Crippen molar-refractivity contribution >= 4 is 15.9 Å². The average molecular weight is 334 g/mol. The molecule has 0 radical (unpaired) electrons. The lowest BCUT2D eigenvalue weighted by molar-refractivity contribution is 0.0946. The van der Waals surface area contributed by atoms with Crippen LogP contribution in [0.4, 0.5) is 0 Å². The first-order valence-corrected chi connectivity index (χ1v) is 8.28. The van der Waals surface area contributed by atoms with E-state index in [1.165, 1.54) is 12.1 Å². The maximum Gasteiger partial charge on any atom is 0.255 e. The number of rotatable bonds is 4. The largest absolute Gasteiger partial charge is 0.454 e. The first-order chi connectivity index (χ1) is 10.9. The summed E-state index contributed by atoms with van der Waals surface area (Å²) in [5.74, 6) is 0.660. The van der Waals surface area contributed by atoms with E-state index in [2.05, 4.69) is 5.32 Å². The van der Waals surface area contributed by atoms with E-state index in [1.54, 1.807) is 30.3 Å². The Hall–Kier alpha value is -2.58. The van der Waals surface area contributed by atoms with Crippen molar-refractivity contribution < 1.29 is 22.7 Å². The standard InChI is InChI=1S/C15H14N2O5S/c16-23(19,20)11-6-4-10(5-7-11)8-17-15(18)12-2-1-3-13-14(12)22-9-21-13/h1-7H,8-9H2,(H,17,18)(H2,16,19,20). The molecule has 120 valence electrons. The zero-order valence-electron chi connectivity index (χ0n) is 12.0. The number of carbonyl (C=O) groups excluding carboxylic acids is 1. The Morgan fingerprint density at radius 3 is 2.57 bits per heavy atom. The summed E-state index contributed by atoms with van der Waals surface area (Å²) in [6, 6.07) is 11.1. The lowest BCUT2D eigenvalue weighted by atomic mass is 10.1. The van der Waals surface area contributed by atoms with Crippen LogP contribution >= 0.6 is 0 Å². The van der Waals surface area contributed by atoms with E-state index in [-0.39, 0.29) is 24.1 Å². The maximum absolute atomic E-state index is 12.2. The minimum absolute atomic E-state index is 0.0269. The third kappa shape index (κ3) is 3.27. The van der Waals surface area contributed by atoms with Gasteiger partial charge in [-0.2, -0.15) is 0 Å². The molecule has 1 amide bonds. The van der Waals surface area contributed by atoms with Gasteiger partial charge < -0.3 is 14.8 Å². The molecule has 0 unspecified atom stereocenters. The lowest BCUT2D eigenvalue weighted by Crippen LogP contribution is -2.23. The smallest absolute Gasteiger partial charge is 0.255 e. The van der Waals surface area contributed by atoms with E-state index >= 15 is 0 Å². The van der Waals surface area contributed by atoms with Gasteiger partial charge in [-0.05, 0) is 29.8 Å². The van der Waals surface area contributed by atoms with Crippen LogP contribution in [-0.2, 0) is 16.6 Å². The molecular formula is C15H14N2O5S. The molecule has 8 heteroatoms. The molecule has 3 N–H and O–H groups in total. The van der Waals surface area contributed by atoms with Crippen LogP contribution in [-0.4, -0.2) is 21.1 Å². The van der Waals surface area contributed by atoms with Crippen LogP contribution < -0.4 is 19.9 Å². The molecule has 2 aromatic carbocycles. The Bertz CT molecular complexity index is 847. The summed E-state index contributed by atoms with van der Waals surface area (Å²) in [6.45, 7) is 0.336. The molecule has 0 atom stereocenters. The maximum atomic E-state index is 12.2. The van der Waals surface area contributed by atoms with Gasteiger partial charge in [-0.3, -0.25) is 4.79 Å². The molecule has 0 saturated heterocycles. The highest BCUT2D eigenvalue weighted by Crippen LogP contribution is 2.35. The highest BCUT2D eigenvalue weighted by atomic mass is 32.2. The van der Waals surface area contributed by atoms with E-state index in [0.717, 1.165) is 5.56 Å². The van der Waals surface area contributed by atoms with Gasteiger partial charge in [-0.15, -0.1) is 0 Å². The highest BCUT2D eigenvalue weighted by molar-refractivity contribution is 7.89. The predicted molar refractivity (Wildman–Crippen MR) is 81.6 cm³/mol. The summed E-state index contributed by atoms with van der Waals surface area (Å²) < 4.78 is 32.9. The Morgan fingerprint density at radius 1 is 1.13 bits per heavy atom. The van der Waals surface area contributed by atoms with Gasteiger partial charge in [0.1, 0.15) is 0 Å². The molecule has 0 spiro atoms. The van der Waals surface area contributed by atoms with Crippen LogP contribution in [0.1, 0.15) is 15.9 Å². The number of para-hydroxylation sites is 1. The first kappa shape index (κ1) is 15.3. The van der Waals surface area contributed by atoms with Gasteiger partial charge in [0.25, 0.3) is 5.91 Å². The summed E-state index contributed by atoms with van der Waals surface area (Å²) in [5, 5.41) is 7.78. The van der Waals surface area contributed by atoms with Gasteiger partial charge >= 0.3 is 0 Å². The molecule has 1 aliphatic heterocycles. The Morgan fingerprint density at radius 2 is 1.87 bits per heavy atom. The topological polar surface area (TPSA) is 108 Å². The van der Waals surface area contributed by atoms with Crippen molar-refractivity contribution in [1.29, 1.82) is 0 Å². The van der Waals surface area contributed by atoms with Crippen LogP contribution in [0.15, 0.2) is 47.4 Å². The van der Waals surface area contributed by atoms with Gasteiger partial charge in [0, 0.05) is 6.54 Å². The average Bonchev–Trinajstić information content (AvgIpc) is 3.00. The van der Waals surface area contributed by atoms with Crippen LogP contribution in [0.3, 0.4) is 0 Å². The Labute approximate surface area is 133 Å². The molecule has 0 fully saturated rings. The second-order valence-corrected chi connectivity index (χ2v) is 6.47. The third-order valence-corrected chi connectivity index (χ3v) is 4.28. The minimum Gasteiger partial charge on any atom is -0.454 e. The number of nitrogens with one attached hydrogen (secondary N) is 1. The number of hydrogen-bond acceptors (Lipinski definition) is 5. The summed E-state index contributed by atoms with van der Waals surface area (Å²) in [4.78, 5) is 12.3. The molecule has 1 aliphatic rings. The number of benzene rings is 2. The normalized spacial score (nSPS) is 12.9. The van der Waals surface area contributed by atoms with Crippen LogP contribution in [0.25, 0.3) is 0 Å². The van der Waals surface area contributed by atoms with Crippen molar-refractivity contribution in [2.45, 2.75) is 11.4 Å². The molecule has 23 heavy (non-hydrogen) atoms. The monoisotopic (exact) mass is 334 g/mol. The van der Waals surface area contributed by atoms with E-state index in [1.807, 2.05) is 0 Å². The van der Waals surface area contributed by atoms with Crippen LogP contribution in [0, 0.1) is 0 Å². The minimum atomic E-state index is -3.72. The molecule has 0 saturated carbocycles. The SMILES string of the molecule is NS(=O)(=O)c1ccc(CNC(=O)c2cccc3c2OCO3)cc1. The van der Waals surface area contributed by atoms with E-state index in [9.17, 15) is 13.2 Å². The number of fused-ring (bicyclic) bond motifs is 1. The van der Waals surface area contributed by atoms with Gasteiger partial charge in [-0.25, -0.2) is 13.6 Å². The van der Waals surface area contributed by atoms with E-state index in [4.69, 9.17) is 14.6 Å². The summed E-state index contributed by atoms with van der Waals surface area (Å²) in [6.07, 6.45) is 0. The zero-order valence-corrected chi connectivity index (χ0v) is 12.8. The molecule has 1 heterocycles. The van der Waals surface area contributed by atoms with Crippen molar-refractivity contribution in [3.63, 3.8) is 0 Å². The van der Waals surface area contributed by atoms with E-state index < -0.39 is 10.0 Å². The van der Waals surface area contributed by atoms with Crippen molar-refractivity contribution in [3.05, 3.63) is 53.6 Å². The molecule has 3 rings (SSSR count). The molecule has 0 aromatic heterocycles. The van der Waals surface area contributed by atoms with Gasteiger partial charge in [0.05, 0.1) is 10.5 Å². The molecule has 2 aromatic rings. The zero-order chi connectivity index (χ0) is 16.4. The number of amides is 1. The molecular weight excluding hydrogens is 320 g/mol. The number of primary sulfonamides is 1. The van der Waals surface area contributed by atoms with E-state index in [0.29, 0.717) is 17.1 Å². The fourth-order valence-electron chi connectivity index (χ4n) is 2.18. The first-order valence-electron chi connectivity index (χ1n) is 6.74. The number of nitrogens with two attached hydrogens (primary N) is 1. The van der Waals surface area contributed by atoms with Crippen LogP contribution in [0.5, 0.6) is 11.5 Å². The molecule has 0 aliphatic carbocycles. The summed E-state index contributed by atoms with van der Waals surface area (Å²) >= 11 is 0. The summed E-state index contributed by atoms with van der Waals surface area (Å²) in [7, 11) is -3.72. The van der Waals surface area contributed by atoms with Crippen LogP contribution in [0.2, 0.25) is 0 Å². The van der Waals surface area contributed by atoms with Crippen molar-refractivity contribution in [3.8, 4) is 11.5 Å². The summed E-state index contributed by atoms with van der Waals surface area (Å²) in [5.41, 5.74) is 1.14. The number of sulfonamides is 1. The van der Waals surface area contributed by atoms with Gasteiger partial charge in [-0.1, -0.05) is 18.2 Å². The Balaban J connectivity index is 1.69. The predicted octanol–water partition coefficient (Wildman–Crippen LogP) is 0.993. The number of carbonyl (C=O) groups is 1. The quantitative estimate of drug-likeness (QED) is 0.867. The Kier molecular flexibility index (Phi) is 3.93. The fraction of sp³-hybridized carbons (Fsp3) is 0.133. The molecule has 7 nitrogen and oxygen atoms in total. The van der Waals surface area contributed by atoms with Crippen molar-refractivity contribution in [1.82, 2.24) is 5.32 Å². The van der Waals surface area contributed by atoms with Crippen molar-refractivity contribution in [2.24, 2.45) is 5.14 Å². The van der Waals surface area contributed by atoms with Gasteiger partial charge in [0.15, 0.2) is 11.5 Å². The number of hydrogen-bond donors (Lipinski definition) is 2.